The Morgan fingerprint density at radius 3 is 2.53 bits per heavy atom. The van der Waals surface area contributed by atoms with Gasteiger partial charge in [-0.25, -0.2) is 10.8 Å². The monoisotopic (exact) mass is 257 g/mol. The van der Waals surface area contributed by atoms with Gasteiger partial charge in [0.2, 0.25) is 5.95 Å². The Hall–Kier alpha value is -2.14. The number of aryl methyl sites for hydroxylation is 2. The van der Waals surface area contributed by atoms with E-state index in [0.717, 1.165) is 17.9 Å². The Kier molecular flexibility index (Phi) is 3.97. The van der Waals surface area contributed by atoms with E-state index in [2.05, 4.69) is 51.5 Å². The SMILES string of the molecule is Cc1ccc(CN(C)c2nc(NN)ncc2C)cc1. The van der Waals surface area contributed by atoms with Gasteiger partial charge in [-0.3, -0.25) is 5.43 Å². The van der Waals surface area contributed by atoms with Gasteiger partial charge in [0.05, 0.1) is 0 Å². The van der Waals surface area contributed by atoms with Crippen molar-refractivity contribution in [3.63, 3.8) is 0 Å². The molecule has 0 aliphatic carbocycles. The fourth-order valence-electron chi connectivity index (χ4n) is 1.93. The third-order valence-corrected chi connectivity index (χ3v) is 2.98. The maximum atomic E-state index is 5.34. The van der Waals surface area contributed by atoms with Crippen molar-refractivity contribution in [2.45, 2.75) is 20.4 Å². The van der Waals surface area contributed by atoms with E-state index in [0.29, 0.717) is 5.95 Å². The van der Waals surface area contributed by atoms with Crippen molar-refractivity contribution < 1.29 is 0 Å². The second-order valence-corrected chi connectivity index (χ2v) is 4.69. The number of rotatable bonds is 4. The number of nitrogens with zero attached hydrogens (tertiary/aromatic N) is 3. The molecular formula is C14H19N5. The summed E-state index contributed by atoms with van der Waals surface area (Å²) in [5, 5.41) is 0. The standard InChI is InChI=1S/C14H19N5/c1-10-4-6-12(7-5-10)9-19(3)13-11(2)8-16-14(17-13)18-15/h4-8H,9,15H2,1-3H3,(H,16,17,18). The molecule has 19 heavy (non-hydrogen) atoms. The number of hydrogen-bond acceptors (Lipinski definition) is 5. The van der Waals surface area contributed by atoms with Gasteiger partial charge >= 0.3 is 0 Å². The topological polar surface area (TPSA) is 67.1 Å². The van der Waals surface area contributed by atoms with Gasteiger partial charge in [0.1, 0.15) is 5.82 Å². The Labute approximate surface area is 113 Å². The van der Waals surface area contributed by atoms with Gasteiger partial charge in [-0.1, -0.05) is 29.8 Å². The molecule has 2 aromatic rings. The van der Waals surface area contributed by atoms with Gasteiger partial charge in [0.25, 0.3) is 0 Å². The molecule has 0 saturated carbocycles. The van der Waals surface area contributed by atoms with Gasteiger partial charge in [-0.05, 0) is 19.4 Å². The maximum Gasteiger partial charge on any atom is 0.239 e. The van der Waals surface area contributed by atoms with Crippen LogP contribution >= 0.6 is 0 Å². The minimum atomic E-state index is 0.427. The molecule has 1 aromatic carbocycles. The van der Waals surface area contributed by atoms with E-state index in [9.17, 15) is 0 Å². The van der Waals surface area contributed by atoms with Crippen LogP contribution in [0.2, 0.25) is 0 Å². The quantitative estimate of drug-likeness (QED) is 0.648. The van der Waals surface area contributed by atoms with Gasteiger partial charge in [0.15, 0.2) is 0 Å². The third kappa shape index (κ3) is 3.20. The zero-order valence-corrected chi connectivity index (χ0v) is 11.5. The molecule has 0 atom stereocenters. The first kappa shape index (κ1) is 13.3. The van der Waals surface area contributed by atoms with Crippen LogP contribution in [0.25, 0.3) is 0 Å². The molecule has 1 aromatic heterocycles. The van der Waals surface area contributed by atoms with Crippen molar-refractivity contribution in [3.05, 3.63) is 47.2 Å². The lowest BCUT2D eigenvalue weighted by molar-refractivity contribution is 0.881. The molecule has 0 bridgehead atoms. The predicted molar refractivity (Wildman–Crippen MR) is 77.9 cm³/mol. The van der Waals surface area contributed by atoms with Crippen LogP contribution in [0.4, 0.5) is 11.8 Å². The van der Waals surface area contributed by atoms with Crippen molar-refractivity contribution in [1.29, 1.82) is 0 Å². The van der Waals surface area contributed by atoms with Crippen molar-refractivity contribution in [2.24, 2.45) is 5.84 Å². The summed E-state index contributed by atoms with van der Waals surface area (Å²) in [6, 6.07) is 8.49. The number of benzene rings is 1. The Balaban J connectivity index is 2.19. The lowest BCUT2D eigenvalue weighted by atomic mass is 10.1. The number of nitrogens with two attached hydrogens (primary N) is 1. The van der Waals surface area contributed by atoms with Crippen molar-refractivity contribution >= 4 is 11.8 Å². The molecule has 5 nitrogen and oxygen atoms in total. The molecular weight excluding hydrogens is 238 g/mol. The average molecular weight is 257 g/mol. The zero-order chi connectivity index (χ0) is 13.8. The van der Waals surface area contributed by atoms with Gasteiger partial charge in [0, 0.05) is 25.4 Å². The molecule has 0 unspecified atom stereocenters. The average Bonchev–Trinajstić information content (AvgIpc) is 2.42. The maximum absolute atomic E-state index is 5.34. The van der Waals surface area contributed by atoms with E-state index in [1.807, 2.05) is 14.0 Å². The van der Waals surface area contributed by atoms with Gasteiger partial charge < -0.3 is 4.90 Å². The molecule has 0 amide bonds. The van der Waals surface area contributed by atoms with Crippen LogP contribution in [0.3, 0.4) is 0 Å². The van der Waals surface area contributed by atoms with E-state index in [4.69, 9.17) is 5.84 Å². The Morgan fingerprint density at radius 1 is 1.21 bits per heavy atom. The summed E-state index contributed by atoms with van der Waals surface area (Å²) in [7, 11) is 2.01. The van der Waals surface area contributed by atoms with E-state index < -0.39 is 0 Å². The predicted octanol–water partition coefficient (Wildman–Crippen LogP) is 2.02. The molecule has 0 fully saturated rings. The van der Waals surface area contributed by atoms with E-state index in [1.54, 1.807) is 6.20 Å². The Bertz CT molecular complexity index is 550. The smallest absolute Gasteiger partial charge is 0.239 e. The van der Waals surface area contributed by atoms with E-state index in [1.165, 1.54) is 11.1 Å². The highest BCUT2D eigenvalue weighted by molar-refractivity contribution is 5.48. The molecule has 0 aliphatic rings. The fourth-order valence-corrected chi connectivity index (χ4v) is 1.93. The minimum Gasteiger partial charge on any atom is -0.355 e. The first-order chi connectivity index (χ1) is 9.10. The second-order valence-electron chi connectivity index (χ2n) is 4.69. The third-order valence-electron chi connectivity index (χ3n) is 2.98. The van der Waals surface area contributed by atoms with Crippen LogP contribution in [0.15, 0.2) is 30.5 Å². The first-order valence-corrected chi connectivity index (χ1v) is 6.17. The molecule has 0 spiro atoms. The molecule has 100 valence electrons. The normalized spacial score (nSPS) is 10.3. The Morgan fingerprint density at radius 2 is 1.89 bits per heavy atom. The summed E-state index contributed by atoms with van der Waals surface area (Å²) in [5.41, 5.74) is 6.00. The van der Waals surface area contributed by atoms with Crippen LogP contribution in [-0.4, -0.2) is 17.0 Å². The molecule has 0 aliphatic heterocycles. The number of aromatic nitrogens is 2. The fraction of sp³-hybridized carbons (Fsp3) is 0.286. The van der Waals surface area contributed by atoms with Crippen LogP contribution in [0, 0.1) is 13.8 Å². The first-order valence-electron chi connectivity index (χ1n) is 6.17. The molecule has 0 radical (unpaired) electrons. The number of nitrogens with one attached hydrogen (secondary N) is 1. The molecule has 5 heteroatoms. The minimum absolute atomic E-state index is 0.427. The summed E-state index contributed by atoms with van der Waals surface area (Å²) in [4.78, 5) is 10.6. The summed E-state index contributed by atoms with van der Waals surface area (Å²) in [6.45, 7) is 4.87. The summed E-state index contributed by atoms with van der Waals surface area (Å²) in [6.07, 6.45) is 1.77. The van der Waals surface area contributed by atoms with Crippen LogP contribution in [-0.2, 0) is 6.54 Å². The zero-order valence-electron chi connectivity index (χ0n) is 11.5. The van der Waals surface area contributed by atoms with Crippen LogP contribution in [0.5, 0.6) is 0 Å². The molecule has 1 heterocycles. The van der Waals surface area contributed by atoms with Crippen molar-refractivity contribution in [1.82, 2.24) is 9.97 Å². The number of nitrogen functional groups attached to an aromatic ring is 1. The highest BCUT2D eigenvalue weighted by Gasteiger charge is 2.09. The second kappa shape index (κ2) is 5.67. The lowest BCUT2D eigenvalue weighted by Crippen LogP contribution is -2.20. The highest BCUT2D eigenvalue weighted by Crippen LogP contribution is 2.18. The number of hydrazine groups is 1. The van der Waals surface area contributed by atoms with E-state index >= 15 is 0 Å². The molecule has 3 N–H and O–H groups in total. The van der Waals surface area contributed by atoms with Crippen LogP contribution < -0.4 is 16.2 Å². The summed E-state index contributed by atoms with van der Waals surface area (Å²) >= 11 is 0. The van der Waals surface area contributed by atoms with Crippen molar-refractivity contribution in [2.75, 3.05) is 17.4 Å². The van der Waals surface area contributed by atoms with Crippen LogP contribution in [0.1, 0.15) is 16.7 Å². The summed E-state index contributed by atoms with van der Waals surface area (Å²) < 4.78 is 0. The summed E-state index contributed by atoms with van der Waals surface area (Å²) in [5.74, 6) is 6.65. The van der Waals surface area contributed by atoms with Gasteiger partial charge in [-0.2, -0.15) is 4.98 Å². The van der Waals surface area contributed by atoms with Gasteiger partial charge in [-0.15, -0.1) is 0 Å². The molecule has 0 saturated heterocycles. The lowest BCUT2D eigenvalue weighted by Gasteiger charge is -2.20. The largest absolute Gasteiger partial charge is 0.355 e. The van der Waals surface area contributed by atoms with Crippen molar-refractivity contribution in [3.8, 4) is 0 Å². The number of anilines is 2. The molecule has 2 rings (SSSR count). The highest BCUT2D eigenvalue weighted by atomic mass is 15.3. The van der Waals surface area contributed by atoms with E-state index in [-0.39, 0.29) is 0 Å². The number of hydrogen-bond donors (Lipinski definition) is 2.